The minimum absolute atomic E-state index is 0.289. The summed E-state index contributed by atoms with van der Waals surface area (Å²) in [5.74, 6) is -0.271. The molecule has 0 saturated carbocycles. The maximum atomic E-state index is 13.2. The molecule has 0 fully saturated rings. The van der Waals surface area contributed by atoms with Gasteiger partial charge in [-0.05, 0) is 48.9 Å². The molecule has 0 atom stereocenters. The van der Waals surface area contributed by atoms with E-state index in [-0.39, 0.29) is 11.8 Å². The van der Waals surface area contributed by atoms with E-state index in [2.05, 4.69) is 15.4 Å². The third-order valence-electron chi connectivity index (χ3n) is 5.53. The van der Waals surface area contributed by atoms with Gasteiger partial charge >= 0.3 is 12.0 Å². The Morgan fingerprint density at radius 3 is 2.73 bits per heavy atom. The summed E-state index contributed by atoms with van der Waals surface area (Å²) in [7, 11) is 1.31. The molecule has 0 bridgehead atoms. The van der Waals surface area contributed by atoms with Gasteiger partial charge in [0.25, 0.3) is 0 Å². The molecule has 4 aromatic rings. The van der Waals surface area contributed by atoms with Crippen molar-refractivity contribution in [3.05, 3.63) is 70.0 Å². The Bertz CT molecular complexity index is 1380. The molecular formula is C23H20FN5O3S. The molecule has 8 nitrogen and oxygen atoms in total. The van der Waals surface area contributed by atoms with Gasteiger partial charge in [0.05, 0.1) is 30.6 Å². The summed E-state index contributed by atoms with van der Waals surface area (Å²) in [6.07, 6.45) is 0.618. The van der Waals surface area contributed by atoms with Crippen molar-refractivity contribution in [1.82, 2.24) is 19.5 Å². The van der Waals surface area contributed by atoms with Crippen LogP contribution in [0.4, 0.5) is 14.9 Å². The van der Waals surface area contributed by atoms with Crippen LogP contribution in [0, 0.1) is 12.7 Å². The van der Waals surface area contributed by atoms with Crippen LogP contribution in [-0.2, 0) is 17.7 Å². The number of urea groups is 1. The van der Waals surface area contributed by atoms with Crippen LogP contribution in [0.1, 0.15) is 26.5 Å². The minimum Gasteiger partial charge on any atom is -0.465 e. The topological polar surface area (TPSA) is 88.8 Å². The Hall–Kier alpha value is -3.79. The predicted molar refractivity (Wildman–Crippen MR) is 122 cm³/mol. The quantitative estimate of drug-likeness (QED) is 0.456. The maximum absolute atomic E-state index is 13.2. The zero-order valence-electron chi connectivity index (χ0n) is 18.0. The van der Waals surface area contributed by atoms with Crippen LogP contribution in [0.25, 0.3) is 16.3 Å². The molecule has 5 rings (SSSR count). The van der Waals surface area contributed by atoms with Gasteiger partial charge in [-0.1, -0.05) is 17.4 Å². The third-order valence-corrected chi connectivity index (χ3v) is 6.59. The molecule has 1 N–H and O–H groups in total. The predicted octanol–water partition coefficient (Wildman–Crippen LogP) is 4.28. The fourth-order valence-electron chi connectivity index (χ4n) is 3.83. The molecule has 0 saturated heterocycles. The Kier molecular flexibility index (Phi) is 5.29. The maximum Gasteiger partial charge on any atom is 0.339 e. The van der Waals surface area contributed by atoms with Crippen molar-refractivity contribution in [2.45, 2.75) is 19.9 Å². The number of aromatic nitrogens is 3. The Morgan fingerprint density at radius 1 is 1.18 bits per heavy atom. The molecule has 3 heterocycles. The van der Waals surface area contributed by atoms with Gasteiger partial charge in [0.15, 0.2) is 5.82 Å². The number of ether oxygens (including phenoxy) is 1. The second-order valence-corrected chi connectivity index (χ2v) is 8.81. The lowest BCUT2D eigenvalue weighted by Gasteiger charge is -2.27. The second-order valence-electron chi connectivity index (χ2n) is 7.75. The monoisotopic (exact) mass is 465 g/mol. The summed E-state index contributed by atoms with van der Waals surface area (Å²) in [5.41, 5.74) is 3.41. The number of aryl methyl sites for hydroxylation is 1. The number of esters is 1. The average Bonchev–Trinajstić information content (AvgIpc) is 3.36. The number of rotatable bonds is 3. The molecule has 2 aromatic heterocycles. The smallest absolute Gasteiger partial charge is 0.339 e. The molecule has 10 heteroatoms. The van der Waals surface area contributed by atoms with Crippen molar-refractivity contribution in [2.75, 3.05) is 19.0 Å². The number of carbonyl (C=O) groups is 2. The van der Waals surface area contributed by atoms with Crippen molar-refractivity contribution in [1.29, 1.82) is 0 Å². The van der Waals surface area contributed by atoms with Gasteiger partial charge in [0, 0.05) is 23.4 Å². The van der Waals surface area contributed by atoms with Gasteiger partial charge < -0.3 is 15.0 Å². The number of benzene rings is 2. The molecule has 0 spiro atoms. The number of thiazole rings is 1. The van der Waals surface area contributed by atoms with E-state index >= 15 is 0 Å². The second kappa shape index (κ2) is 8.28. The van der Waals surface area contributed by atoms with Crippen LogP contribution in [-0.4, -0.2) is 45.2 Å². The van der Waals surface area contributed by atoms with Crippen LogP contribution in [0.3, 0.4) is 0 Å². The van der Waals surface area contributed by atoms with Gasteiger partial charge in [0.2, 0.25) is 4.96 Å². The largest absolute Gasteiger partial charge is 0.465 e. The van der Waals surface area contributed by atoms with Gasteiger partial charge in [-0.25, -0.2) is 18.5 Å². The van der Waals surface area contributed by atoms with Crippen LogP contribution < -0.4 is 5.32 Å². The number of methoxy groups -OCH3 is 1. The first-order chi connectivity index (χ1) is 15.9. The van der Waals surface area contributed by atoms with Crippen LogP contribution in [0.5, 0.6) is 0 Å². The van der Waals surface area contributed by atoms with E-state index in [1.165, 1.54) is 30.6 Å². The first-order valence-electron chi connectivity index (χ1n) is 10.3. The molecule has 2 amide bonds. The minimum atomic E-state index is -0.506. The van der Waals surface area contributed by atoms with Crippen LogP contribution in [0.15, 0.2) is 42.5 Å². The zero-order valence-corrected chi connectivity index (χ0v) is 18.8. The van der Waals surface area contributed by atoms with Crippen molar-refractivity contribution < 1.29 is 18.7 Å². The number of amides is 2. The summed E-state index contributed by atoms with van der Waals surface area (Å²) in [4.78, 5) is 33.1. The summed E-state index contributed by atoms with van der Waals surface area (Å²) in [6.45, 7) is 2.80. The Morgan fingerprint density at radius 2 is 1.97 bits per heavy atom. The molecular weight excluding hydrogens is 445 g/mol. The molecule has 1 aliphatic heterocycles. The fraction of sp³-hybridized carbons (Fsp3) is 0.217. The van der Waals surface area contributed by atoms with Crippen LogP contribution in [0.2, 0.25) is 0 Å². The standard InChI is InChI=1S/C23H20FN5O3S/c1-13-3-8-16(21(30)32-2)17(11-13)25-22(31)28-10-9-18-19(12-28)33-23-26-20(27-29(18)23)14-4-6-15(24)7-5-14/h3-8,11H,9-10,12H2,1-2H3,(H,25,31). The fourth-order valence-corrected chi connectivity index (χ4v) is 4.94. The first-order valence-corrected chi connectivity index (χ1v) is 11.1. The Balaban J connectivity index is 1.36. The summed E-state index contributed by atoms with van der Waals surface area (Å²) in [6, 6.07) is 11.0. The molecule has 2 aromatic carbocycles. The number of fused-ring (bicyclic) bond motifs is 3. The molecule has 33 heavy (non-hydrogen) atoms. The number of nitrogens with zero attached hydrogens (tertiary/aromatic N) is 4. The van der Waals surface area contributed by atoms with Crippen molar-refractivity contribution in [3.8, 4) is 11.4 Å². The van der Waals surface area contributed by atoms with Gasteiger partial charge in [-0.3, -0.25) is 0 Å². The summed E-state index contributed by atoms with van der Waals surface area (Å²) >= 11 is 1.48. The summed E-state index contributed by atoms with van der Waals surface area (Å²) in [5, 5.41) is 7.45. The number of carbonyl (C=O) groups excluding carboxylic acids is 2. The summed E-state index contributed by atoms with van der Waals surface area (Å²) < 4.78 is 19.8. The normalized spacial score (nSPS) is 13.1. The lowest BCUT2D eigenvalue weighted by atomic mass is 10.1. The van der Waals surface area contributed by atoms with E-state index in [1.807, 2.05) is 11.4 Å². The van der Waals surface area contributed by atoms with E-state index in [0.29, 0.717) is 36.6 Å². The van der Waals surface area contributed by atoms with Gasteiger partial charge in [0.1, 0.15) is 5.82 Å². The Labute approximate surface area is 192 Å². The van der Waals surface area contributed by atoms with E-state index in [1.54, 1.807) is 35.2 Å². The van der Waals surface area contributed by atoms with Crippen molar-refractivity contribution >= 4 is 34.0 Å². The highest BCUT2D eigenvalue weighted by Gasteiger charge is 2.27. The first kappa shape index (κ1) is 21.1. The lowest BCUT2D eigenvalue weighted by Crippen LogP contribution is -2.39. The van der Waals surface area contributed by atoms with Gasteiger partial charge in [-0.15, -0.1) is 5.10 Å². The third kappa shape index (κ3) is 3.93. The SMILES string of the molecule is COC(=O)c1ccc(C)cc1NC(=O)N1CCc2c(sc3nc(-c4ccc(F)cc4)nn23)C1. The average molecular weight is 466 g/mol. The number of hydrogen-bond donors (Lipinski definition) is 1. The van der Waals surface area contributed by atoms with Crippen LogP contribution >= 0.6 is 11.3 Å². The number of anilines is 1. The highest BCUT2D eigenvalue weighted by Crippen LogP contribution is 2.30. The highest BCUT2D eigenvalue weighted by atomic mass is 32.1. The lowest BCUT2D eigenvalue weighted by molar-refractivity contribution is 0.0602. The molecule has 0 aliphatic carbocycles. The number of hydrogen-bond acceptors (Lipinski definition) is 6. The van der Waals surface area contributed by atoms with E-state index in [0.717, 1.165) is 26.7 Å². The van der Waals surface area contributed by atoms with Gasteiger partial charge in [-0.2, -0.15) is 4.98 Å². The number of halogens is 1. The highest BCUT2D eigenvalue weighted by molar-refractivity contribution is 7.17. The molecule has 0 radical (unpaired) electrons. The van der Waals surface area contributed by atoms with E-state index in [4.69, 9.17) is 4.74 Å². The van der Waals surface area contributed by atoms with Crippen molar-refractivity contribution in [3.63, 3.8) is 0 Å². The van der Waals surface area contributed by atoms with E-state index < -0.39 is 5.97 Å². The molecule has 0 unspecified atom stereocenters. The molecule has 168 valence electrons. The zero-order chi connectivity index (χ0) is 23.1. The van der Waals surface area contributed by atoms with Crippen molar-refractivity contribution in [2.24, 2.45) is 0 Å². The van der Waals surface area contributed by atoms with E-state index in [9.17, 15) is 14.0 Å². The number of nitrogens with one attached hydrogen (secondary N) is 1. The molecule has 1 aliphatic rings.